The number of amides is 1. The van der Waals surface area contributed by atoms with Crippen LogP contribution in [0.2, 0.25) is 0 Å². The highest BCUT2D eigenvalue weighted by atomic mass is 16.5. The van der Waals surface area contributed by atoms with Crippen molar-refractivity contribution < 1.29 is 23.7 Å². The third-order valence-corrected chi connectivity index (χ3v) is 6.05. The maximum atomic E-state index is 12.6. The number of benzene rings is 3. The second-order valence-electron chi connectivity index (χ2n) is 8.55. The highest BCUT2D eigenvalue weighted by Crippen LogP contribution is 2.31. The van der Waals surface area contributed by atoms with Gasteiger partial charge < -0.3 is 24.3 Å². The quantitative estimate of drug-likeness (QED) is 0.467. The lowest BCUT2D eigenvalue weighted by atomic mass is 10.1. The number of carbonyl (C=O) groups is 1. The van der Waals surface area contributed by atoms with E-state index in [0.29, 0.717) is 29.4 Å². The Balaban J connectivity index is 1.29. The van der Waals surface area contributed by atoms with Gasteiger partial charge in [-0.15, -0.1) is 0 Å². The summed E-state index contributed by atoms with van der Waals surface area (Å²) in [6.07, 6.45) is 1.23. The third-order valence-electron chi connectivity index (χ3n) is 6.05. The fraction of sp³-hybridized carbons (Fsp3) is 0.321. The van der Waals surface area contributed by atoms with Gasteiger partial charge in [0, 0.05) is 25.7 Å². The van der Waals surface area contributed by atoms with Crippen LogP contribution in [-0.4, -0.2) is 51.3 Å². The Bertz CT molecular complexity index is 1150. The van der Waals surface area contributed by atoms with Gasteiger partial charge in [-0.25, -0.2) is 0 Å². The molecule has 1 aliphatic rings. The molecule has 1 atom stereocenters. The zero-order valence-electron chi connectivity index (χ0n) is 20.5. The number of ether oxygens (including phenoxy) is 4. The summed E-state index contributed by atoms with van der Waals surface area (Å²) in [4.78, 5) is 15.0. The minimum atomic E-state index is 0.0104. The van der Waals surface area contributed by atoms with Crippen molar-refractivity contribution in [2.75, 3.05) is 34.4 Å². The van der Waals surface area contributed by atoms with Crippen LogP contribution in [0.5, 0.6) is 28.7 Å². The van der Waals surface area contributed by atoms with Crippen LogP contribution in [0.15, 0.2) is 66.7 Å². The summed E-state index contributed by atoms with van der Waals surface area (Å²) in [6, 6.07) is 21.4. The van der Waals surface area contributed by atoms with E-state index in [9.17, 15) is 4.79 Å². The monoisotopic (exact) mass is 476 g/mol. The van der Waals surface area contributed by atoms with Crippen molar-refractivity contribution in [3.05, 3.63) is 77.9 Å². The van der Waals surface area contributed by atoms with E-state index < -0.39 is 0 Å². The summed E-state index contributed by atoms with van der Waals surface area (Å²) in [5.41, 5.74) is 2.05. The van der Waals surface area contributed by atoms with Crippen LogP contribution in [-0.2, 0) is 17.8 Å². The lowest BCUT2D eigenvalue weighted by molar-refractivity contribution is -0.121. The van der Waals surface area contributed by atoms with Crippen molar-refractivity contribution >= 4 is 5.91 Å². The molecule has 0 aliphatic carbocycles. The Kier molecular flexibility index (Phi) is 8.11. The van der Waals surface area contributed by atoms with Crippen molar-refractivity contribution in [2.24, 2.45) is 0 Å². The molecule has 0 spiro atoms. The number of para-hydroxylation sites is 2. The molecule has 3 aromatic carbocycles. The van der Waals surface area contributed by atoms with Gasteiger partial charge in [0.1, 0.15) is 5.75 Å². The zero-order chi connectivity index (χ0) is 24.6. The molecule has 0 bridgehead atoms. The highest BCUT2D eigenvalue weighted by molar-refractivity contribution is 5.79. The number of methoxy groups -OCH3 is 3. The van der Waals surface area contributed by atoms with Crippen LogP contribution in [0.25, 0.3) is 0 Å². The molecule has 1 aliphatic heterocycles. The number of nitrogens with one attached hydrogen (secondary N) is 1. The van der Waals surface area contributed by atoms with Gasteiger partial charge in [-0.1, -0.05) is 30.3 Å². The molecule has 1 fully saturated rings. The van der Waals surface area contributed by atoms with Gasteiger partial charge in [0.15, 0.2) is 23.0 Å². The molecule has 1 N–H and O–H groups in total. The molecule has 1 saturated heterocycles. The molecule has 1 amide bonds. The van der Waals surface area contributed by atoms with Gasteiger partial charge in [-0.3, -0.25) is 9.69 Å². The summed E-state index contributed by atoms with van der Waals surface area (Å²) in [5.74, 6) is 3.44. The first kappa shape index (κ1) is 24.4. The summed E-state index contributed by atoms with van der Waals surface area (Å²) in [6.45, 7) is 2.54. The van der Waals surface area contributed by atoms with Crippen LogP contribution in [0.4, 0.5) is 0 Å². The SMILES string of the molecule is COc1ccc(CC(=O)N[C@H]2CCN(Cc3cccc(Oc4ccccc4OC)c3)C2)cc1OC. The van der Waals surface area contributed by atoms with Crippen LogP contribution in [0.3, 0.4) is 0 Å². The standard InChI is InChI=1S/C28H32N2O5/c1-32-24-9-4-5-10-26(24)35-23-8-6-7-21(15-23)18-30-14-13-22(19-30)29-28(31)17-20-11-12-25(33-2)27(16-20)34-3/h4-12,15-16,22H,13-14,17-19H2,1-3H3,(H,29,31)/t22-/m0/s1. The topological polar surface area (TPSA) is 69.3 Å². The number of hydrogen-bond acceptors (Lipinski definition) is 6. The molecule has 7 heteroatoms. The van der Waals surface area contributed by atoms with E-state index in [-0.39, 0.29) is 11.9 Å². The van der Waals surface area contributed by atoms with Crippen molar-refractivity contribution in [3.8, 4) is 28.7 Å². The molecule has 0 radical (unpaired) electrons. The van der Waals surface area contributed by atoms with Gasteiger partial charge in [0.25, 0.3) is 0 Å². The maximum Gasteiger partial charge on any atom is 0.224 e. The van der Waals surface area contributed by atoms with Crippen LogP contribution in [0.1, 0.15) is 17.5 Å². The van der Waals surface area contributed by atoms with E-state index in [1.165, 1.54) is 0 Å². The fourth-order valence-corrected chi connectivity index (χ4v) is 4.34. The fourth-order valence-electron chi connectivity index (χ4n) is 4.34. The Morgan fingerprint density at radius 1 is 0.857 bits per heavy atom. The number of likely N-dealkylation sites (tertiary alicyclic amines) is 1. The lowest BCUT2D eigenvalue weighted by Crippen LogP contribution is -2.37. The first-order chi connectivity index (χ1) is 17.1. The lowest BCUT2D eigenvalue weighted by Gasteiger charge is -2.18. The van der Waals surface area contributed by atoms with Gasteiger partial charge in [-0.05, 0) is 53.9 Å². The number of carbonyl (C=O) groups excluding carboxylic acids is 1. The molecule has 0 aromatic heterocycles. The maximum absolute atomic E-state index is 12.6. The molecular weight excluding hydrogens is 444 g/mol. The second kappa shape index (κ2) is 11.6. The molecule has 35 heavy (non-hydrogen) atoms. The Hall–Kier alpha value is -3.71. The van der Waals surface area contributed by atoms with E-state index in [2.05, 4.69) is 22.3 Å². The van der Waals surface area contributed by atoms with Crippen LogP contribution < -0.4 is 24.3 Å². The van der Waals surface area contributed by atoms with Gasteiger partial charge in [-0.2, -0.15) is 0 Å². The Morgan fingerprint density at radius 2 is 1.60 bits per heavy atom. The van der Waals surface area contributed by atoms with Crippen molar-refractivity contribution in [3.63, 3.8) is 0 Å². The largest absolute Gasteiger partial charge is 0.493 e. The zero-order valence-corrected chi connectivity index (χ0v) is 20.5. The molecule has 184 valence electrons. The van der Waals surface area contributed by atoms with Gasteiger partial charge in [0.2, 0.25) is 5.91 Å². The first-order valence-corrected chi connectivity index (χ1v) is 11.7. The summed E-state index contributed by atoms with van der Waals surface area (Å²) in [7, 11) is 4.82. The van der Waals surface area contributed by atoms with Crippen molar-refractivity contribution in [1.29, 1.82) is 0 Å². The van der Waals surface area contributed by atoms with Crippen molar-refractivity contribution in [1.82, 2.24) is 10.2 Å². The van der Waals surface area contributed by atoms with E-state index in [1.807, 2.05) is 54.6 Å². The highest BCUT2D eigenvalue weighted by Gasteiger charge is 2.24. The molecular formula is C28H32N2O5. The van der Waals surface area contributed by atoms with Gasteiger partial charge in [0.05, 0.1) is 27.8 Å². The molecule has 4 rings (SSSR count). The Morgan fingerprint density at radius 3 is 2.37 bits per heavy atom. The van der Waals surface area contributed by atoms with E-state index >= 15 is 0 Å². The predicted octanol–water partition coefficient (Wildman–Crippen LogP) is 4.44. The average Bonchev–Trinajstić information content (AvgIpc) is 3.30. The van der Waals surface area contributed by atoms with E-state index in [0.717, 1.165) is 42.9 Å². The number of nitrogens with zero attached hydrogens (tertiary/aromatic N) is 1. The van der Waals surface area contributed by atoms with Crippen LogP contribution >= 0.6 is 0 Å². The predicted molar refractivity (Wildman–Crippen MR) is 135 cm³/mol. The summed E-state index contributed by atoms with van der Waals surface area (Å²) < 4.78 is 22.0. The Labute approximate surface area is 206 Å². The molecule has 7 nitrogen and oxygen atoms in total. The van der Waals surface area contributed by atoms with E-state index in [4.69, 9.17) is 18.9 Å². The summed E-state index contributed by atoms with van der Waals surface area (Å²) >= 11 is 0. The molecule has 1 heterocycles. The third kappa shape index (κ3) is 6.45. The number of hydrogen-bond donors (Lipinski definition) is 1. The second-order valence-corrected chi connectivity index (χ2v) is 8.55. The smallest absolute Gasteiger partial charge is 0.224 e. The normalized spacial score (nSPS) is 15.5. The average molecular weight is 477 g/mol. The van der Waals surface area contributed by atoms with Crippen molar-refractivity contribution in [2.45, 2.75) is 25.4 Å². The minimum absolute atomic E-state index is 0.0104. The van der Waals surface area contributed by atoms with E-state index in [1.54, 1.807) is 21.3 Å². The summed E-state index contributed by atoms with van der Waals surface area (Å²) in [5, 5.41) is 3.17. The molecule has 0 unspecified atom stereocenters. The number of rotatable bonds is 10. The molecule has 3 aromatic rings. The molecule has 0 saturated carbocycles. The van der Waals surface area contributed by atoms with Gasteiger partial charge >= 0.3 is 0 Å². The first-order valence-electron chi connectivity index (χ1n) is 11.7. The van der Waals surface area contributed by atoms with Crippen LogP contribution in [0, 0.1) is 0 Å². The minimum Gasteiger partial charge on any atom is -0.493 e.